The largest absolute Gasteiger partial charge is 0.494 e. The van der Waals surface area contributed by atoms with Gasteiger partial charge in [0.1, 0.15) is 5.56 Å². The number of ether oxygens (including phenoxy) is 2. The highest BCUT2D eigenvalue weighted by atomic mass is 32.1. The molecule has 1 aromatic carbocycles. The van der Waals surface area contributed by atoms with Gasteiger partial charge in [-0.05, 0) is 36.3 Å². The third kappa shape index (κ3) is 4.40. The van der Waals surface area contributed by atoms with Crippen LogP contribution >= 0.6 is 12.2 Å². The normalized spacial score (nSPS) is 15.6. The number of aromatic amines is 1. The molecule has 0 spiro atoms. The van der Waals surface area contributed by atoms with Gasteiger partial charge in [-0.3, -0.25) is 19.1 Å². The van der Waals surface area contributed by atoms with E-state index in [0.717, 1.165) is 18.4 Å². The number of hydrazone groups is 1. The molecular formula is C22H28N4O5S. The highest BCUT2D eigenvalue weighted by Gasteiger charge is 2.35. The molecule has 9 nitrogen and oxygen atoms in total. The van der Waals surface area contributed by atoms with E-state index in [1.54, 1.807) is 26.2 Å². The van der Waals surface area contributed by atoms with Crippen LogP contribution in [0.3, 0.4) is 0 Å². The van der Waals surface area contributed by atoms with Gasteiger partial charge in [-0.15, -0.1) is 0 Å². The van der Waals surface area contributed by atoms with E-state index >= 15 is 0 Å². The standard InChI is InChI=1S/C22H28N4O5S/c1-5-7-10-25-21(29)19(20(28)23-22(25)32)14-12-15(26(24-14)18(27)6-2)13-8-9-16(30-3)17(11-13)31-4/h8-9,11,15,29H,5-7,10,12H2,1-4H3,(H,23,28,32). The van der Waals surface area contributed by atoms with Gasteiger partial charge < -0.3 is 14.6 Å². The van der Waals surface area contributed by atoms with E-state index in [1.807, 2.05) is 13.0 Å². The molecule has 3 rings (SSSR count). The lowest BCUT2D eigenvalue weighted by molar-refractivity contribution is -0.132. The van der Waals surface area contributed by atoms with Gasteiger partial charge in [-0.25, -0.2) is 5.01 Å². The Balaban J connectivity index is 2.08. The number of nitrogens with zero attached hydrogens (tertiary/aromatic N) is 3. The van der Waals surface area contributed by atoms with Crippen LogP contribution in [0.4, 0.5) is 0 Å². The Morgan fingerprint density at radius 2 is 2.00 bits per heavy atom. The number of benzene rings is 1. The lowest BCUT2D eigenvalue weighted by atomic mass is 9.98. The van der Waals surface area contributed by atoms with Crippen LogP contribution in [-0.4, -0.2) is 45.5 Å². The molecule has 0 saturated carbocycles. The highest BCUT2D eigenvalue weighted by Crippen LogP contribution is 2.38. The van der Waals surface area contributed by atoms with Gasteiger partial charge in [0.2, 0.25) is 11.8 Å². The number of unbranched alkanes of at least 4 members (excludes halogenated alkanes) is 1. The van der Waals surface area contributed by atoms with E-state index in [4.69, 9.17) is 21.7 Å². The van der Waals surface area contributed by atoms with E-state index in [2.05, 4.69) is 10.1 Å². The maximum Gasteiger partial charge on any atom is 0.264 e. The molecule has 0 fully saturated rings. The van der Waals surface area contributed by atoms with Crippen LogP contribution < -0.4 is 15.0 Å². The highest BCUT2D eigenvalue weighted by molar-refractivity contribution is 7.71. The van der Waals surface area contributed by atoms with E-state index < -0.39 is 11.6 Å². The van der Waals surface area contributed by atoms with Crippen LogP contribution in [0, 0.1) is 4.77 Å². The molecule has 2 heterocycles. The Morgan fingerprint density at radius 3 is 2.62 bits per heavy atom. The summed E-state index contributed by atoms with van der Waals surface area (Å²) in [7, 11) is 3.09. The summed E-state index contributed by atoms with van der Waals surface area (Å²) in [5.74, 6) is 0.656. The first-order valence-electron chi connectivity index (χ1n) is 10.5. The average molecular weight is 461 g/mol. The van der Waals surface area contributed by atoms with Gasteiger partial charge in [-0.1, -0.05) is 26.3 Å². The summed E-state index contributed by atoms with van der Waals surface area (Å²) in [6.45, 7) is 4.24. The summed E-state index contributed by atoms with van der Waals surface area (Å²) in [4.78, 5) is 28.0. The van der Waals surface area contributed by atoms with Crippen molar-refractivity contribution in [3.63, 3.8) is 0 Å². The predicted octanol–water partition coefficient (Wildman–Crippen LogP) is 3.52. The molecule has 1 unspecified atom stereocenters. The zero-order valence-electron chi connectivity index (χ0n) is 18.7. The molecule has 1 amide bonds. The third-order valence-corrected chi connectivity index (χ3v) is 5.78. The van der Waals surface area contributed by atoms with Gasteiger partial charge in [0.15, 0.2) is 16.3 Å². The van der Waals surface area contributed by atoms with Gasteiger partial charge >= 0.3 is 0 Å². The van der Waals surface area contributed by atoms with Crippen molar-refractivity contribution in [1.29, 1.82) is 0 Å². The van der Waals surface area contributed by atoms with Gasteiger partial charge in [-0.2, -0.15) is 5.10 Å². The molecule has 1 aliphatic heterocycles. The number of carbonyl (C=O) groups is 1. The summed E-state index contributed by atoms with van der Waals surface area (Å²) in [5.41, 5.74) is 0.603. The van der Waals surface area contributed by atoms with E-state index in [9.17, 15) is 14.7 Å². The van der Waals surface area contributed by atoms with Crippen molar-refractivity contribution in [2.24, 2.45) is 5.10 Å². The second-order valence-corrected chi connectivity index (χ2v) is 7.82. The minimum absolute atomic E-state index is 0.0339. The smallest absolute Gasteiger partial charge is 0.264 e. The van der Waals surface area contributed by atoms with Crippen molar-refractivity contribution >= 4 is 23.8 Å². The van der Waals surface area contributed by atoms with Crippen LogP contribution in [0.2, 0.25) is 0 Å². The minimum atomic E-state index is -0.532. The van der Waals surface area contributed by atoms with Gasteiger partial charge in [0, 0.05) is 19.4 Å². The Bertz CT molecular complexity index is 1150. The number of carbonyl (C=O) groups excluding carboxylic acids is 1. The SMILES string of the molecule is CCCCn1c(O)c(C2=NN(C(=O)CC)C(c3ccc(OC)c(OC)c3)C2)c(=O)[nH]c1=S. The molecule has 172 valence electrons. The van der Waals surface area contributed by atoms with E-state index in [0.29, 0.717) is 23.8 Å². The Morgan fingerprint density at radius 1 is 1.28 bits per heavy atom. The summed E-state index contributed by atoms with van der Waals surface area (Å²) in [6, 6.07) is 4.92. The maximum absolute atomic E-state index is 12.7. The van der Waals surface area contributed by atoms with Crippen LogP contribution in [0.5, 0.6) is 17.4 Å². The van der Waals surface area contributed by atoms with E-state index in [-0.39, 0.29) is 35.0 Å². The van der Waals surface area contributed by atoms with Crippen molar-refractivity contribution < 1.29 is 19.4 Å². The third-order valence-electron chi connectivity index (χ3n) is 5.46. The first-order chi connectivity index (χ1) is 15.4. The number of hydrogen-bond donors (Lipinski definition) is 2. The molecule has 0 saturated heterocycles. The van der Waals surface area contributed by atoms with Crippen molar-refractivity contribution in [2.45, 2.75) is 52.1 Å². The maximum atomic E-state index is 12.7. The Kier molecular flexibility index (Phi) is 7.34. The quantitative estimate of drug-likeness (QED) is 0.584. The molecule has 1 atom stereocenters. The molecule has 1 aliphatic rings. The Labute approximate surface area is 191 Å². The first-order valence-corrected chi connectivity index (χ1v) is 10.9. The van der Waals surface area contributed by atoms with Crippen LogP contribution in [0.1, 0.15) is 56.7 Å². The van der Waals surface area contributed by atoms with Crippen molar-refractivity contribution in [3.8, 4) is 17.4 Å². The van der Waals surface area contributed by atoms with Gasteiger partial charge in [0.25, 0.3) is 5.56 Å². The van der Waals surface area contributed by atoms with Crippen molar-refractivity contribution in [1.82, 2.24) is 14.6 Å². The summed E-state index contributed by atoms with van der Waals surface area (Å²) < 4.78 is 12.3. The van der Waals surface area contributed by atoms with Crippen LogP contribution in [-0.2, 0) is 11.3 Å². The fourth-order valence-electron chi connectivity index (χ4n) is 3.72. The zero-order chi connectivity index (χ0) is 23.4. The number of rotatable bonds is 8. The number of amides is 1. The number of aromatic hydroxyl groups is 1. The molecule has 10 heteroatoms. The second-order valence-electron chi connectivity index (χ2n) is 7.44. The number of nitrogens with one attached hydrogen (secondary N) is 1. The number of aromatic nitrogens is 2. The van der Waals surface area contributed by atoms with E-state index in [1.165, 1.54) is 16.7 Å². The first kappa shape index (κ1) is 23.5. The van der Waals surface area contributed by atoms with Crippen molar-refractivity contribution in [2.75, 3.05) is 14.2 Å². The number of H-pyrrole nitrogens is 1. The molecular weight excluding hydrogens is 432 g/mol. The average Bonchev–Trinajstić information content (AvgIpc) is 3.22. The lowest BCUT2D eigenvalue weighted by Gasteiger charge is -2.22. The molecule has 0 radical (unpaired) electrons. The van der Waals surface area contributed by atoms with Crippen LogP contribution in [0.25, 0.3) is 0 Å². The second kappa shape index (κ2) is 9.99. The number of methoxy groups -OCH3 is 2. The fourth-order valence-corrected chi connectivity index (χ4v) is 3.99. The Hall–Kier alpha value is -3.14. The number of hydrogen-bond acceptors (Lipinski definition) is 7. The lowest BCUT2D eigenvalue weighted by Crippen LogP contribution is -2.26. The molecule has 0 aliphatic carbocycles. The predicted molar refractivity (Wildman–Crippen MR) is 123 cm³/mol. The molecule has 0 bridgehead atoms. The summed E-state index contributed by atoms with van der Waals surface area (Å²) in [6.07, 6.45) is 2.18. The molecule has 2 N–H and O–H groups in total. The summed E-state index contributed by atoms with van der Waals surface area (Å²) >= 11 is 5.23. The molecule has 32 heavy (non-hydrogen) atoms. The topological polar surface area (TPSA) is 109 Å². The summed E-state index contributed by atoms with van der Waals surface area (Å²) in [5, 5.41) is 16.7. The van der Waals surface area contributed by atoms with Crippen LogP contribution in [0.15, 0.2) is 28.1 Å². The van der Waals surface area contributed by atoms with Crippen molar-refractivity contribution in [3.05, 3.63) is 44.5 Å². The molecule has 1 aromatic heterocycles. The minimum Gasteiger partial charge on any atom is -0.494 e. The molecule has 2 aromatic rings. The van der Waals surface area contributed by atoms with Gasteiger partial charge in [0.05, 0.1) is 26.0 Å². The fraction of sp³-hybridized carbons (Fsp3) is 0.455. The monoisotopic (exact) mass is 460 g/mol. The zero-order valence-corrected chi connectivity index (χ0v) is 19.5.